The Morgan fingerprint density at radius 1 is 1.27 bits per heavy atom. The van der Waals surface area contributed by atoms with E-state index in [-0.39, 0.29) is 11.8 Å². The Kier molecular flexibility index (Phi) is 7.87. The van der Waals surface area contributed by atoms with Crippen LogP contribution in [0.15, 0.2) is 24.3 Å². The topological polar surface area (TPSA) is 111 Å². The third kappa shape index (κ3) is 6.00. The second kappa shape index (κ2) is 10.1. The molecule has 0 aliphatic carbocycles. The summed E-state index contributed by atoms with van der Waals surface area (Å²) in [6, 6.07) is 7.19. The minimum atomic E-state index is -0.516. The van der Waals surface area contributed by atoms with E-state index >= 15 is 0 Å². The Morgan fingerprint density at radius 2 is 1.92 bits per heavy atom. The number of carbonyl (C=O) groups is 2. The van der Waals surface area contributed by atoms with Crippen molar-refractivity contribution < 1.29 is 14.3 Å². The number of amides is 2. The molecule has 2 rings (SSSR count). The van der Waals surface area contributed by atoms with Crippen molar-refractivity contribution in [2.75, 3.05) is 31.6 Å². The number of aryl methyl sites for hydroxylation is 1. The lowest BCUT2D eigenvalue weighted by Crippen LogP contribution is -2.48. The summed E-state index contributed by atoms with van der Waals surface area (Å²) in [5.74, 6) is 0.223. The Labute approximate surface area is 155 Å². The van der Waals surface area contributed by atoms with Gasteiger partial charge in [0.2, 0.25) is 5.91 Å². The molecule has 7 heteroatoms. The molecule has 2 amide bonds. The van der Waals surface area contributed by atoms with E-state index in [0.717, 1.165) is 24.9 Å². The number of hydrogen-bond acceptors (Lipinski definition) is 5. The van der Waals surface area contributed by atoms with Gasteiger partial charge in [-0.1, -0.05) is 19.1 Å². The van der Waals surface area contributed by atoms with Gasteiger partial charge >= 0.3 is 6.09 Å². The van der Waals surface area contributed by atoms with Crippen LogP contribution in [-0.2, 0) is 16.0 Å². The fourth-order valence-corrected chi connectivity index (χ4v) is 3.03. The predicted molar refractivity (Wildman–Crippen MR) is 102 cm³/mol. The number of piperidine rings is 1. The largest absolute Gasteiger partial charge is 0.449 e. The molecule has 26 heavy (non-hydrogen) atoms. The van der Waals surface area contributed by atoms with Crippen molar-refractivity contribution in [2.24, 2.45) is 17.4 Å². The smallest absolute Gasteiger partial charge is 0.411 e. The van der Waals surface area contributed by atoms with Crippen LogP contribution >= 0.6 is 0 Å². The third-order valence-corrected chi connectivity index (χ3v) is 4.78. The van der Waals surface area contributed by atoms with E-state index in [1.165, 1.54) is 5.56 Å². The van der Waals surface area contributed by atoms with Gasteiger partial charge in [0, 0.05) is 18.8 Å². The molecule has 0 aromatic heterocycles. The average molecular weight is 362 g/mol. The van der Waals surface area contributed by atoms with Crippen LogP contribution in [0.3, 0.4) is 0 Å². The van der Waals surface area contributed by atoms with Gasteiger partial charge in [0.15, 0.2) is 0 Å². The van der Waals surface area contributed by atoms with Crippen molar-refractivity contribution in [2.45, 2.75) is 38.6 Å². The number of carbonyl (C=O) groups excluding carboxylic acids is 2. The van der Waals surface area contributed by atoms with Crippen molar-refractivity contribution in [1.82, 2.24) is 4.90 Å². The first-order valence-electron chi connectivity index (χ1n) is 9.30. The van der Waals surface area contributed by atoms with Crippen LogP contribution < -0.4 is 16.8 Å². The van der Waals surface area contributed by atoms with Crippen molar-refractivity contribution >= 4 is 17.7 Å². The Morgan fingerprint density at radius 3 is 2.50 bits per heavy atom. The van der Waals surface area contributed by atoms with E-state index in [0.29, 0.717) is 32.7 Å². The summed E-state index contributed by atoms with van der Waals surface area (Å²) in [7, 11) is 0. The highest BCUT2D eigenvalue weighted by molar-refractivity contribution is 5.84. The van der Waals surface area contributed by atoms with Crippen molar-refractivity contribution in [3.8, 4) is 0 Å². The summed E-state index contributed by atoms with van der Waals surface area (Å²) in [5.41, 5.74) is 13.2. The molecule has 1 aromatic rings. The van der Waals surface area contributed by atoms with Crippen molar-refractivity contribution in [3.63, 3.8) is 0 Å². The van der Waals surface area contributed by atoms with Crippen LogP contribution in [0, 0.1) is 5.92 Å². The predicted octanol–water partition coefficient (Wildman–Crippen LogP) is 1.71. The molecule has 1 heterocycles. The van der Waals surface area contributed by atoms with E-state index in [1.807, 2.05) is 24.3 Å². The van der Waals surface area contributed by atoms with E-state index < -0.39 is 12.1 Å². The molecule has 1 aliphatic rings. The lowest BCUT2D eigenvalue weighted by Gasteiger charge is -2.33. The highest BCUT2D eigenvalue weighted by Gasteiger charge is 2.26. The molecule has 0 spiro atoms. The molecule has 0 radical (unpaired) electrons. The van der Waals surface area contributed by atoms with Gasteiger partial charge in [-0.25, -0.2) is 4.79 Å². The Hall–Kier alpha value is -2.12. The van der Waals surface area contributed by atoms with E-state index in [4.69, 9.17) is 16.2 Å². The zero-order chi connectivity index (χ0) is 18.9. The minimum absolute atomic E-state index is 0.0388. The van der Waals surface area contributed by atoms with Crippen molar-refractivity contribution in [1.29, 1.82) is 0 Å². The number of nitrogens with one attached hydrogen (secondary N) is 1. The quantitative estimate of drug-likeness (QED) is 0.684. The van der Waals surface area contributed by atoms with Gasteiger partial charge in [-0.15, -0.1) is 0 Å². The first-order valence-corrected chi connectivity index (χ1v) is 9.30. The monoisotopic (exact) mass is 362 g/mol. The van der Waals surface area contributed by atoms with Gasteiger partial charge in [-0.2, -0.15) is 0 Å². The molecule has 1 fully saturated rings. The SMILES string of the molecule is CCc1ccc(NC(=O)OCC2CCN(C(=O)C(N)CCN)CC2)cc1. The zero-order valence-corrected chi connectivity index (χ0v) is 15.4. The summed E-state index contributed by atoms with van der Waals surface area (Å²) in [6.07, 6.45) is 2.63. The summed E-state index contributed by atoms with van der Waals surface area (Å²) >= 11 is 0. The van der Waals surface area contributed by atoms with Crippen LogP contribution in [0.4, 0.5) is 10.5 Å². The van der Waals surface area contributed by atoms with Crippen LogP contribution in [0.5, 0.6) is 0 Å². The second-order valence-electron chi connectivity index (χ2n) is 6.73. The number of likely N-dealkylation sites (tertiary alicyclic amines) is 1. The van der Waals surface area contributed by atoms with Gasteiger partial charge in [-0.3, -0.25) is 10.1 Å². The first kappa shape index (κ1) is 20.2. The van der Waals surface area contributed by atoms with Crippen LogP contribution in [0.25, 0.3) is 0 Å². The number of nitrogens with two attached hydrogens (primary N) is 2. The van der Waals surface area contributed by atoms with Gasteiger partial charge in [0.05, 0.1) is 12.6 Å². The number of hydrogen-bond donors (Lipinski definition) is 3. The molecule has 1 aromatic carbocycles. The van der Waals surface area contributed by atoms with Gasteiger partial charge in [0.25, 0.3) is 0 Å². The maximum Gasteiger partial charge on any atom is 0.411 e. The fourth-order valence-electron chi connectivity index (χ4n) is 3.03. The molecule has 1 unspecified atom stereocenters. The van der Waals surface area contributed by atoms with Gasteiger partial charge in [-0.05, 0) is 55.8 Å². The molecular weight excluding hydrogens is 332 g/mol. The molecule has 1 atom stereocenters. The molecule has 5 N–H and O–H groups in total. The maximum absolute atomic E-state index is 12.2. The average Bonchev–Trinajstić information content (AvgIpc) is 2.67. The molecule has 7 nitrogen and oxygen atoms in total. The molecule has 1 saturated heterocycles. The number of rotatable bonds is 7. The first-order chi connectivity index (χ1) is 12.5. The number of ether oxygens (including phenoxy) is 1. The standard InChI is InChI=1S/C19H30N4O3/c1-2-14-3-5-16(6-4-14)22-19(25)26-13-15-8-11-23(12-9-15)18(24)17(21)7-10-20/h3-6,15,17H,2,7-13,20-21H2,1H3,(H,22,25). The van der Waals surface area contributed by atoms with Crippen LogP contribution in [-0.4, -0.2) is 49.2 Å². The summed E-state index contributed by atoms with van der Waals surface area (Å²) in [4.78, 5) is 25.9. The molecule has 0 bridgehead atoms. The summed E-state index contributed by atoms with van der Waals surface area (Å²) in [5, 5.41) is 2.73. The highest BCUT2D eigenvalue weighted by Crippen LogP contribution is 2.19. The van der Waals surface area contributed by atoms with E-state index in [2.05, 4.69) is 12.2 Å². The van der Waals surface area contributed by atoms with Crippen LogP contribution in [0.1, 0.15) is 31.7 Å². The normalized spacial score (nSPS) is 16.2. The minimum Gasteiger partial charge on any atom is -0.449 e. The van der Waals surface area contributed by atoms with Crippen LogP contribution in [0.2, 0.25) is 0 Å². The third-order valence-electron chi connectivity index (χ3n) is 4.78. The maximum atomic E-state index is 12.2. The van der Waals surface area contributed by atoms with Crippen molar-refractivity contribution in [3.05, 3.63) is 29.8 Å². The van der Waals surface area contributed by atoms with E-state index in [9.17, 15) is 9.59 Å². The fraction of sp³-hybridized carbons (Fsp3) is 0.579. The zero-order valence-electron chi connectivity index (χ0n) is 15.4. The lowest BCUT2D eigenvalue weighted by atomic mass is 9.97. The lowest BCUT2D eigenvalue weighted by molar-refractivity contribution is -0.134. The Bertz CT molecular complexity index is 583. The Balaban J connectivity index is 1.69. The molecule has 1 aliphatic heterocycles. The van der Waals surface area contributed by atoms with E-state index in [1.54, 1.807) is 4.90 Å². The highest BCUT2D eigenvalue weighted by atomic mass is 16.5. The summed E-state index contributed by atoms with van der Waals surface area (Å²) in [6.45, 7) is 4.14. The molecular formula is C19H30N4O3. The summed E-state index contributed by atoms with van der Waals surface area (Å²) < 4.78 is 5.33. The molecule has 0 saturated carbocycles. The number of anilines is 1. The van der Waals surface area contributed by atoms with Gasteiger partial charge < -0.3 is 21.1 Å². The van der Waals surface area contributed by atoms with Gasteiger partial charge in [0.1, 0.15) is 0 Å². The number of nitrogens with zero attached hydrogens (tertiary/aromatic N) is 1. The second-order valence-corrected chi connectivity index (χ2v) is 6.73. The molecule has 144 valence electrons. The number of benzene rings is 1.